The molecule has 2 heterocycles. The maximum atomic E-state index is 13.7. The molecule has 172 valence electrons. The minimum absolute atomic E-state index is 0.0535. The molecule has 0 amide bonds. The second-order valence-electron chi connectivity index (χ2n) is 7.86. The summed E-state index contributed by atoms with van der Waals surface area (Å²) in [5, 5.41) is 0.566. The average molecular weight is 475 g/mol. The predicted molar refractivity (Wildman–Crippen MR) is 121 cm³/mol. The third kappa shape index (κ3) is 4.41. The number of halogens is 3. The van der Waals surface area contributed by atoms with Crippen molar-refractivity contribution in [3.63, 3.8) is 0 Å². The number of hydrogen-bond donors (Lipinski definition) is 0. The lowest BCUT2D eigenvalue weighted by Gasteiger charge is -2.13. The molecule has 0 radical (unpaired) electrons. The van der Waals surface area contributed by atoms with E-state index in [1.165, 1.54) is 36.9 Å². The Labute approximate surface area is 192 Å². The third-order valence-corrected chi connectivity index (χ3v) is 5.62. The van der Waals surface area contributed by atoms with Gasteiger partial charge in [-0.2, -0.15) is 4.98 Å². The molecule has 0 fully saturated rings. The summed E-state index contributed by atoms with van der Waals surface area (Å²) in [4.78, 5) is 29.7. The van der Waals surface area contributed by atoms with Crippen LogP contribution in [0, 0.1) is 0 Å². The van der Waals surface area contributed by atoms with Gasteiger partial charge < -0.3 is 4.74 Å². The number of ether oxygens (including phenoxy) is 1. The minimum Gasteiger partial charge on any atom is -0.460 e. The third-order valence-electron chi connectivity index (χ3n) is 5.37. The van der Waals surface area contributed by atoms with Crippen LogP contribution in [0.5, 0.6) is 6.01 Å². The van der Waals surface area contributed by atoms with Crippen LogP contribution in [0.1, 0.15) is 23.6 Å². The zero-order chi connectivity index (χ0) is 23.9. The first-order chi connectivity index (χ1) is 15.6. The summed E-state index contributed by atoms with van der Waals surface area (Å²) >= 11 is 5.98. The van der Waals surface area contributed by atoms with Crippen molar-refractivity contribution in [3.05, 3.63) is 91.1 Å². The number of aryl methyl sites for hydroxylation is 1. The molecular weight excluding hydrogens is 454 g/mol. The molecule has 4 aromatic rings. The maximum Gasteiger partial charge on any atom is 0.332 e. The molecule has 0 saturated heterocycles. The van der Waals surface area contributed by atoms with Crippen molar-refractivity contribution in [3.8, 4) is 6.01 Å². The predicted octanol–water partition coefficient (Wildman–Crippen LogP) is 3.83. The monoisotopic (exact) mass is 474 g/mol. The maximum absolute atomic E-state index is 13.7. The first kappa shape index (κ1) is 22.7. The highest BCUT2D eigenvalue weighted by atomic mass is 35.5. The molecular formula is C23H21ClF2N4O3. The highest BCUT2D eigenvalue weighted by molar-refractivity contribution is 6.30. The summed E-state index contributed by atoms with van der Waals surface area (Å²) in [6, 6.07) is 13.0. The number of aromatic nitrogens is 4. The topological polar surface area (TPSA) is 71.1 Å². The van der Waals surface area contributed by atoms with Crippen molar-refractivity contribution in [2.75, 3.05) is 0 Å². The second kappa shape index (κ2) is 8.47. The van der Waals surface area contributed by atoms with Gasteiger partial charge in [-0.1, -0.05) is 41.9 Å². The largest absolute Gasteiger partial charge is 0.460 e. The van der Waals surface area contributed by atoms with E-state index in [1.54, 1.807) is 34.9 Å². The molecule has 10 heteroatoms. The molecule has 0 aliphatic heterocycles. The van der Waals surface area contributed by atoms with E-state index in [0.717, 1.165) is 17.1 Å². The summed E-state index contributed by atoms with van der Waals surface area (Å²) in [6.07, 6.45) is 0. The standard InChI is InChI=1S/C23H21ClF2N4O3/c1-23(25,26)16-6-4-5-15(11-16)13-33-21-27-19-18(20(31)29(3)22(32)28(19)2)30(21)12-14-7-9-17(24)10-8-14/h4-11H,12-13H2,1-3H3. The van der Waals surface area contributed by atoms with Gasteiger partial charge in [0.15, 0.2) is 11.2 Å². The number of fused-ring (bicyclic) bond motifs is 1. The van der Waals surface area contributed by atoms with Gasteiger partial charge in [-0.3, -0.25) is 18.5 Å². The van der Waals surface area contributed by atoms with E-state index in [2.05, 4.69) is 4.98 Å². The van der Waals surface area contributed by atoms with E-state index in [-0.39, 0.29) is 35.9 Å². The molecule has 0 aliphatic carbocycles. The van der Waals surface area contributed by atoms with Crippen LogP contribution >= 0.6 is 11.6 Å². The summed E-state index contributed by atoms with van der Waals surface area (Å²) in [5.74, 6) is -2.98. The van der Waals surface area contributed by atoms with Crippen LogP contribution < -0.4 is 16.0 Å². The van der Waals surface area contributed by atoms with Crippen LogP contribution in [-0.2, 0) is 33.2 Å². The van der Waals surface area contributed by atoms with Crippen LogP contribution in [0.25, 0.3) is 11.2 Å². The Hall–Kier alpha value is -3.46. The fourth-order valence-electron chi connectivity index (χ4n) is 3.54. The Morgan fingerprint density at radius 3 is 2.39 bits per heavy atom. The number of benzene rings is 2. The van der Waals surface area contributed by atoms with Crippen molar-refractivity contribution in [2.45, 2.75) is 26.0 Å². The van der Waals surface area contributed by atoms with Crippen molar-refractivity contribution in [1.29, 1.82) is 0 Å². The number of imidazole rings is 1. The van der Waals surface area contributed by atoms with Gasteiger partial charge in [0.1, 0.15) is 6.61 Å². The summed E-state index contributed by atoms with van der Waals surface area (Å²) in [6.45, 7) is 1.00. The van der Waals surface area contributed by atoms with E-state index < -0.39 is 17.2 Å². The number of rotatable bonds is 6. The first-order valence-corrected chi connectivity index (χ1v) is 10.4. The van der Waals surface area contributed by atoms with E-state index in [1.807, 2.05) is 0 Å². The fraction of sp³-hybridized carbons (Fsp3) is 0.261. The average Bonchev–Trinajstić information content (AvgIpc) is 3.14. The van der Waals surface area contributed by atoms with Crippen LogP contribution in [0.3, 0.4) is 0 Å². The molecule has 0 atom stereocenters. The minimum atomic E-state index is -2.98. The van der Waals surface area contributed by atoms with Crippen LogP contribution in [-0.4, -0.2) is 18.7 Å². The molecule has 2 aromatic carbocycles. The molecule has 0 aliphatic rings. The van der Waals surface area contributed by atoms with Gasteiger partial charge in [-0.05, 0) is 29.3 Å². The zero-order valence-corrected chi connectivity index (χ0v) is 18.9. The molecule has 0 unspecified atom stereocenters. The molecule has 0 N–H and O–H groups in total. The molecule has 0 bridgehead atoms. The van der Waals surface area contributed by atoms with E-state index in [0.29, 0.717) is 10.6 Å². The summed E-state index contributed by atoms with van der Waals surface area (Å²) < 4.78 is 37.1. The lowest BCUT2D eigenvalue weighted by atomic mass is 10.1. The molecule has 0 spiro atoms. The molecule has 7 nitrogen and oxygen atoms in total. The zero-order valence-electron chi connectivity index (χ0n) is 18.2. The Bertz CT molecular complexity index is 1450. The van der Waals surface area contributed by atoms with Crippen molar-refractivity contribution in [2.24, 2.45) is 14.1 Å². The summed E-state index contributed by atoms with van der Waals surface area (Å²) in [5.41, 5.74) is 0.534. The Morgan fingerprint density at radius 2 is 1.73 bits per heavy atom. The number of alkyl halides is 2. The fourth-order valence-corrected chi connectivity index (χ4v) is 3.66. The van der Waals surface area contributed by atoms with Crippen LogP contribution in [0.4, 0.5) is 8.78 Å². The Morgan fingerprint density at radius 1 is 1.03 bits per heavy atom. The van der Waals surface area contributed by atoms with Crippen molar-refractivity contribution < 1.29 is 13.5 Å². The highest BCUT2D eigenvalue weighted by Crippen LogP contribution is 2.28. The second-order valence-corrected chi connectivity index (χ2v) is 8.30. The number of nitrogens with zero attached hydrogens (tertiary/aromatic N) is 4. The van der Waals surface area contributed by atoms with Gasteiger partial charge >= 0.3 is 5.69 Å². The van der Waals surface area contributed by atoms with Gasteiger partial charge in [0.2, 0.25) is 0 Å². The lowest BCUT2D eigenvalue weighted by Crippen LogP contribution is -2.37. The van der Waals surface area contributed by atoms with Gasteiger partial charge in [-0.15, -0.1) is 0 Å². The Kier molecular flexibility index (Phi) is 5.84. The lowest BCUT2D eigenvalue weighted by molar-refractivity contribution is 0.0173. The first-order valence-electron chi connectivity index (χ1n) is 10.1. The van der Waals surface area contributed by atoms with Crippen molar-refractivity contribution >= 4 is 22.8 Å². The SMILES string of the molecule is Cn1c(=O)c2c(nc(OCc3cccc(C(C)(F)F)c3)n2Cc2ccc(Cl)cc2)n(C)c1=O. The van der Waals surface area contributed by atoms with E-state index in [4.69, 9.17) is 16.3 Å². The Balaban J connectivity index is 1.79. The van der Waals surface area contributed by atoms with Gasteiger partial charge in [0.25, 0.3) is 17.5 Å². The number of hydrogen-bond acceptors (Lipinski definition) is 4. The normalized spacial score (nSPS) is 11.8. The molecule has 4 rings (SSSR count). The summed E-state index contributed by atoms with van der Waals surface area (Å²) in [7, 11) is 2.90. The van der Waals surface area contributed by atoms with Gasteiger partial charge in [-0.25, -0.2) is 13.6 Å². The van der Waals surface area contributed by atoms with Crippen LogP contribution in [0.15, 0.2) is 58.1 Å². The van der Waals surface area contributed by atoms with E-state index in [9.17, 15) is 18.4 Å². The quantitative estimate of drug-likeness (QED) is 0.426. The van der Waals surface area contributed by atoms with Gasteiger partial charge in [0.05, 0.1) is 6.54 Å². The van der Waals surface area contributed by atoms with E-state index >= 15 is 0 Å². The molecule has 0 saturated carbocycles. The molecule has 33 heavy (non-hydrogen) atoms. The van der Waals surface area contributed by atoms with Gasteiger partial charge in [0, 0.05) is 31.6 Å². The van der Waals surface area contributed by atoms with Crippen LogP contribution in [0.2, 0.25) is 5.02 Å². The van der Waals surface area contributed by atoms with Crippen molar-refractivity contribution in [1.82, 2.24) is 18.7 Å². The molecule has 2 aromatic heterocycles. The highest BCUT2D eigenvalue weighted by Gasteiger charge is 2.24. The smallest absolute Gasteiger partial charge is 0.332 e.